The number of thiol groups is 1. The summed E-state index contributed by atoms with van der Waals surface area (Å²) in [4.78, 5) is 1.39. The van der Waals surface area contributed by atoms with Gasteiger partial charge in [0.2, 0.25) is 0 Å². The van der Waals surface area contributed by atoms with Crippen molar-refractivity contribution in [2.45, 2.75) is 12.7 Å². The van der Waals surface area contributed by atoms with Gasteiger partial charge in [-0.2, -0.15) is 12.6 Å². The second kappa shape index (κ2) is 3.11. The van der Waals surface area contributed by atoms with Crippen LogP contribution in [0.25, 0.3) is 10.1 Å². The van der Waals surface area contributed by atoms with Gasteiger partial charge in [-0.05, 0) is 23.9 Å². The molecule has 0 amide bonds. The molecule has 1 heterocycles. The Morgan fingerprint density at radius 1 is 1.33 bits per heavy atom. The molecule has 2 heteroatoms. The molecule has 1 aromatic carbocycles. The van der Waals surface area contributed by atoms with Gasteiger partial charge in [-0.1, -0.05) is 18.2 Å². The first-order valence-electron chi connectivity index (χ1n) is 3.91. The topological polar surface area (TPSA) is 0 Å². The van der Waals surface area contributed by atoms with Gasteiger partial charge in [0.1, 0.15) is 0 Å². The molecule has 2 rings (SSSR count). The fraction of sp³-hybridized carbons (Fsp3) is 0.200. The summed E-state index contributed by atoms with van der Waals surface area (Å²) < 4.78 is 1.37. The van der Waals surface area contributed by atoms with Crippen LogP contribution >= 0.6 is 24.0 Å². The van der Waals surface area contributed by atoms with Crippen molar-refractivity contribution in [3.8, 4) is 0 Å². The van der Waals surface area contributed by atoms with Crippen LogP contribution in [0.3, 0.4) is 0 Å². The minimum atomic E-state index is 0.852. The van der Waals surface area contributed by atoms with Crippen LogP contribution in [0.4, 0.5) is 0 Å². The molecule has 62 valence electrons. The molecule has 0 unspecified atom stereocenters. The van der Waals surface area contributed by atoms with Crippen LogP contribution in [0.5, 0.6) is 0 Å². The Morgan fingerprint density at radius 2 is 2.08 bits per heavy atom. The van der Waals surface area contributed by atoms with Gasteiger partial charge < -0.3 is 0 Å². The summed E-state index contributed by atoms with van der Waals surface area (Å²) in [6.45, 7) is 2.17. The second-order valence-corrected chi connectivity index (χ2v) is 4.26. The van der Waals surface area contributed by atoms with E-state index in [2.05, 4.69) is 43.8 Å². The van der Waals surface area contributed by atoms with Gasteiger partial charge in [-0.15, -0.1) is 11.3 Å². The Labute approximate surface area is 81.6 Å². The zero-order chi connectivity index (χ0) is 8.55. The summed E-state index contributed by atoms with van der Waals surface area (Å²) >= 11 is 6.15. The SMILES string of the molecule is Cc1c(CS)sc2ccccc12. The molecule has 0 aliphatic heterocycles. The normalized spacial score (nSPS) is 10.8. The van der Waals surface area contributed by atoms with Crippen molar-refractivity contribution >= 4 is 34.1 Å². The molecule has 0 saturated heterocycles. The molecule has 0 N–H and O–H groups in total. The lowest BCUT2D eigenvalue weighted by Crippen LogP contribution is -1.73. The number of rotatable bonds is 1. The third-order valence-corrected chi connectivity index (χ3v) is 3.89. The van der Waals surface area contributed by atoms with Gasteiger partial charge >= 0.3 is 0 Å². The largest absolute Gasteiger partial charge is 0.174 e. The Hall–Kier alpha value is -0.470. The van der Waals surface area contributed by atoms with Crippen molar-refractivity contribution in [2.75, 3.05) is 0 Å². The molecule has 0 spiro atoms. The third-order valence-electron chi connectivity index (χ3n) is 2.09. The molecule has 0 radical (unpaired) electrons. The van der Waals surface area contributed by atoms with Crippen molar-refractivity contribution < 1.29 is 0 Å². The molecule has 0 saturated carbocycles. The maximum Gasteiger partial charge on any atom is 0.0348 e. The Kier molecular flexibility index (Phi) is 2.11. The van der Waals surface area contributed by atoms with E-state index in [1.54, 1.807) is 0 Å². The quantitative estimate of drug-likeness (QED) is 0.658. The van der Waals surface area contributed by atoms with E-state index in [0.29, 0.717) is 0 Å². The predicted octanol–water partition coefficient (Wildman–Crippen LogP) is 3.64. The highest BCUT2D eigenvalue weighted by atomic mass is 32.1. The van der Waals surface area contributed by atoms with Crippen molar-refractivity contribution in [3.05, 3.63) is 34.7 Å². The highest BCUT2D eigenvalue weighted by molar-refractivity contribution is 7.79. The average molecular weight is 194 g/mol. The Balaban J connectivity index is 2.78. The zero-order valence-corrected chi connectivity index (χ0v) is 8.58. The van der Waals surface area contributed by atoms with Crippen molar-refractivity contribution in [1.29, 1.82) is 0 Å². The fourth-order valence-corrected chi connectivity index (χ4v) is 2.88. The lowest BCUT2D eigenvalue weighted by atomic mass is 10.2. The summed E-state index contributed by atoms with van der Waals surface area (Å²) in [6, 6.07) is 8.51. The number of thiophene rings is 1. The van der Waals surface area contributed by atoms with Crippen molar-refractivity contribution in [1.82, 2.24) is 0 Å². The predicted molar refractivity (Wildman–Crippen MR) is 59.3 cm³/mol. The highest BCUT2D eigenvalue weighted by Gasteiger charge is 2.04. The number of benzene rings is 1. The smallest absolute Gasteiger partial charge is 0.0348 e. The zero-order valence-electron chi connectivity index (χ0n) is 6.87. The Bertz CT molecular complexity index is 401. The van der Waals surface area contributed by atoms with E-state index in [1.165, 1.54) is 20.5 Å². The maximum absolute atomic E-state index is 4.30. The van der Waals surface area contributed by atoms with E-state index < -0.39 is 0 Å². The molecular formula is C10H10S2. The average Bonchev–Trinajstić information content (AvgIpc) is 2.44. The molecular weight excluding hydrogens is 184 g/mol. The van der Waals surface area contributed by atoms with Gasteiger partial charge in [0, 0.05) is 15.3 Å². The third kappa shape index (κ3) is 1.15. The molecule has 0 aliphatic carbocycles. The van der Waals surface area contributed by atoms with Gasteiger partial charge in [0.05, 0.1) is 0 Å². The Morgan fingerprint density at radius 3 is 2.75 bits per heavy atom. The lowest BCUT2D eigenvalue weighted by Gasteiger charge is -1.90. The first-order valence-corrected chi connectivity index (χ1v) is 5.35. The van der Waals surface area contributed by atoms with Crippen LogP contribution in [0.2, 0.25) is 0 Å². The van der Waals surface area contributed by atoms with Crippen LogP contribution in [0.15, 0.2) is 24.3 Å². The van der Waals surface area contributed by atoms with E-state index >= 15 is 0 Å². The molecule has 0 atom stereocenters. The van der Waals surface area contributed by atoms with Crippen LogP contribution in [-0.4, -0.2) is 0 Å². The number of hydrogen-bond acceptors (Lipinski definition) is 2. The molecule has 0 nitrogen and oxygen atoms in total. The molecule has 1 aromatic heterocycles. The summed E-state index contributed by atoms with van der Waals surface area (Å²) in [7, 11) is 0. The van der Waals surface area contributed by atoms with E-state index in [1.807, 2.05) is 11.3 Å². The van der Waals surface area contributed by atoms with Gasteiger partial charge in [0.25, 0.3) is 0 Å². The summed E-state index contributed by atoms with van der Waals surface area (Å²) in [6.07, 6.45) is 0. The standard InChI is InChI=1S/C10H10S2/c1-7-8-4-2-3-5-9(8)12-10(7)6-11/h2-5,11H,6H2,1H3. The number of aryl methyl sites for hydroxylation is 1. The van der Waals surface area contributed by atoms with Gasteiger partial charge in [0.15, 0.2) is 0 Å². The molecule has 2 aromatic rings. The van der Waals surface area contributed by atoms with Crippen molar-refractivity contribution in [2.24, 2.45) is 0 Å². The second-order valence-electron chi connectivity index (χ2n) is 2.80. The van der Waals surface area contributed by atoms with E-state index in [4.69, 9.17) is 0 Å². The van der Waals surface area contributed by atoms with Gasteiger partial charge in [-0.25, -0.2) is 0 Å². The molecule has 12 heavy (non-hydrogen) atoms. The first-order chi connectivity index (χ1) is 5.83. The lowest BCUT2D eigenvalue weighted by molar-refractivity contribution is 1.44. The van der Waals surface area contributed by atoms with Crippen LogP contribution in [-0.2, 0) is 5.75 Å². The van der Waals surface area contributed by atoms with Crippen molar-refractivity contribution in [3.63, 3.8) is 0 Å². The first kappa shape index (κ1) is 8.14. The maximum atomic E-state index is 4.30. The van der Waals surface area contributed by atoms with Crippen LogP contribution in [0, 0.1) is 6.92 Å². The molecule has 0 bridgehead atoms. The minimum absolute atomic E-state index is 0.852. The summed E-state index contributed by atoms with van der Waals surface area (Å²) in [5, 5.41) is 1.38. The minimum Gasteiger partial charge on any atom is -0.174 e. The van der Waals surface area contributed by atoms with Crippen LogP contribution < -0.4 is 0 Å². The highest BCUT2D eigenvalue weighted by Crippen LogP contribution is 2.31. The number of fused-ring (bicyclic) bond motifs is 1. The summed E-state index contributed by atoms with van der Waals surface area (Å²) in [5.41, 5.74) is 1.39. The molecule has 0 aliphatic rings. The number of hydrogen-bond donors (Lipinski definition) is 1. The monoisotopic (exact) mass is 194 g/mol. The van der Waals surface area contributed by atoms with E-state index in [-0.39, 0.29) is 0 Å². The molecule has 0 fully saturated rings. The van der Waals surface area contributed by atoms with Gasteiger partial charge in [-0.3, -0.25) is 0 Å². The van der Waals surface area contributed by atoms with E-state index in [0.717, 1.165) is 5.75 Å². The fourth-order valence-electron chi connectivity index (χ4n) is 1.38. The van der Waals surface area contributed by atoms with E-state index in [9.17, 15) is 0 Å². The van der Waals surface area contributed by atoms with Crippen LogP contribution in [0.1, 0.15) is 10.4 Å². The summed E-state index contributed by atoms with van der Waals surface area (Å²) in [5.74, 6) is 0.852.